The lowest BCUT2D eigenvalue weighted by Crippen LogP contribution is -2.37. The van der Waals surface area contributed by atoms with Crippen molar-refractivity contribution in [1.29, 1.82) is 0 Å². The molecule has 1 aromatic heterocycles. The van der Waals surface area contributed by atoms with E-state index in [4.69, 9.17) is 19.2 Å². The minimum atomic E-state index is -0.272. The third-order valence-electron chi connectivity index (χ3n) is 5.23. The van der Waals surface area contributed by atoms with E-state index in [-0.39, 0.29) is 12.6 Å². The maximum Gasteiger partial charge on any atom is 0.231 e. The fraction of sp³-hybridized carbons (Fsp3) is 0.318. The molecule has 0 bridgehead atoms. The van der Waals surface area contributed by atoms with Gasteiger partial charge in [-0.25, -0.2) is 9.37 Å². The van der Waals surface area contributed by atoms with E-state index in [9.17, 15) is 4.39 Å². The molecule has 0 atom stereocenters. The molecule has 0 saturated carbocycles. The number of halogens is 1. The third-order valence-corrected chi connectivity index (χ3v) is 5.23. The fourth-order valence-electron chi connectivity index (χ4n) is 3.75. The van der Waals surface area contributed by atoms with Gasteiger partial charge in [-0.2, -0.15) is 0 Å². The van der Waals surface area contributed by atoms with Crippen molar-refractivity contribution in [2.75, 3.05) is 38.0 Å². The molecular formula is C22H22FN3O3. The van der Waals surface area contributed by atoms with Gasteiger partial charge in [0.05, 0.1) is 18.7 Å². The molecule has 1 saturated heterocycles. The lowest BCUT2D eigenvalue weighted by Gasteiger charge is -2.30. The Morgan fingerprint density at radius 2 is 1.83 bits per heavy atom. The van der Waals surface area contributed by atoms with Crippen LogP contribution in [0.2, 0.25) is 0 Å². The number of hydrogen-bond acceptors (Lipinski definition) is 6. The van der Waals surface area contributed by atoms with Crippen molar-refractivity contribution >= 4 is 16.7 Å². The number of pyridine rings is 1. The number of benzene rings is 2. The van der Waals surface area contributed by atoms with Crippen molar-refractivity contribution < 1.29 is 18.6 Å². The lowest BCUT2D eigenvalue weighted by atomic mass is 10.1. The molecule has 2 aliphatic rings. The van der Waals surface area contributed by atoms with Gasteiger partial charge in [-0.3, -0.25) is 0 Å². The fourth-order valence-corrected chi connectivity index (χ4v) is 3.75. The Labute approximate surface area is 168 Å². The number of rotatable bonds is 5. The van der Waals surface area contributed by atoms with Crippen LogP contribution in [0.1, 0.15) is 11.1 Å². The second kappa shape index (κ2) is 7.85. The van der Waals surface area contributed by atoms with Gasteiger partial charge in [-0.05, 0) is 35.9 Å². The van der Waals surface area contributed by atoms with Crippen LogP contribution in [0.5, 0.6) is 11.5 Å². The monoisotopic (exact) mass is 395 g/mol. The average molecular weight is 395 g/mol. The first-order valence-electron chi connectivity index (χ1n) is 9.77. The molecule has 1 N–H and O–H groups in total. The van der Waals surface area contributed by atoms with Crippen molar-refractivity contribution in [3.05, 3.63) is 59.4 Å². The Hall–Kier alpha value is -2.90. The van der Waals surface area contributed by atoms with Gasteiger partial charge >= 0.3 is 0 Å². The summed E-state index contributed by atoms with van der Waals surface area (Å²) in [5.74, 6) is 2.19. The van der Waals surface area contributed by atoms with Crippen molar-refractivity contribution in [3.63, 3.8) is 0 Å². The molecule has 0 spiro atoms. The van der Waals surface area contributed by atoms with Gasteiger partial charge in [0.15, 0.2) is 11.5 Å². The van der Waals surface area contributed by atoms with E-state index >= 15 is 0 Å². The SMILES string of the molecule is Fc1ccc2cc(CNCc3ccc4c(c3)OCO4)c(N3CCOCC3)nc2c1. The van der Waals surface area contributed by atoms with Crippen LogP contribution in [-0.4, -0.2) is 38.1 Å². The molecule has 1 fully saturated rings. The molecule has 0 aliphatic carbocycles. The van der Waals surface area contributed by atoms with Crippen molar-refractivity contribution in [1.82, 2.24) is 10.3 Å². The molecule has 3 aromatic rings. The van der Waals surface area contributed by atoms with Gasteiger partial charge in [0.25, 0.3) is 0 Å². The normalized spacial score (nSPS) is 15.8. The second-order valence-electron chi connectivity index (χ2n) is 7.20. The van der Waals surface area contributed by atoms with Crippen molar-refractivity contribution in [3.8, 4) is 11.5 Å². The van der Waals surface area contributed by atoms with E-state index in [1.54, 1.807) is 6.07 Å². The molecule has 29 heavy (non-hydrogen) atoms. The molecular weight excluding hydrogens is 373 g/mol. The van der Waals surface area contributed by atoms with Crippen LogP contribution >= 0.6 is 0 Å². The Morgan fingerprint density at radius 1 is 0.966 bits per heavy atom. The number of aromatic nitrogens is 1. The number of nitrogens with zero attached hydrogens (tertiary/aromatic N) is 2. The third kappa shape index (κ3) is 3.83. The van der Waals surface area contributed by atoms with Crippen LogP contribution in [0, 0.1) is 5.82 Å². The molecule has 150 valence electrons. The van der Waals surface area contributed by atoms with E-state index in [0.717, 1.165) is 46.9 Å². The Morgan fingerprint density at radius 3 is 2.72 bits per heavy atom. The van der Waals surface area contributed by atoms with Gasteiger partial charge in [-0.1, -0.05) is 6.07 Å². The summed E-state index contributed by atoms with van der Waals surface area (Å²) in [7, 11) is 0. The molecule has 5 rings (SSSR count). The standard InChI is InChI=1S/C22H22FN3O3/c23-18-3-2-16-10-17(22(25-19(16)11-18)26-5-7-27-8-6-26)13-24-12-15-1-4-20-21(9-15)29-14-28-20/h1-4,9-11,24H,5-8,12-14H2. The molecule has 2 aromatic carbocycles. The van der Waals surface area contributed by atoms with Gasteiger partial charge in [0.1, 0.15) is 11.6 Å². The Balaban J connectivity index is 1.38. The number of morpholine rings is 1. The van der Waals surface area contributed by atoms with Crippen molar-refractivity contribution in [2.24, 2.45) is 0 Å². The van der Waals surface area contributed by atoms with Gasteiger partial charge < -0.3 is 24.4 Å². The predicted molar refractivity (Wildman–Crippen MR) is 108 cm³/mol. The van der Waals surface area contributed by atoms with Crippen LogP contribution < -0.4 is 19.7 Å². The summed E-state index contributed by atoms with van der Waals surface area (Å²) in [6.45, 7) is 4.53. The van der Waals surface area contributed by atoms with E-state index in [2.05, 4.69) is 16.3 Å². The quantitative estimate of drug-likeness (QED) is 0.716. The Bertz CT molecular complexity index is 1040. The zero-order valence-electron chi connectivity index (χ0n) is 16.0. The molecule has 0 amide bonds. The van der Waals surface area contributed by atoms with E-state index in [1.165, 1.54) is 12.1 Å². The summed E-state index contributed by atoms with van der Waals surface area (Å²) in [5, 5.41) is 4.43. The van der Waals surface area contributed by atoms with E-state index in [0.29, 0.717) is 31.8 Å². The highest BCUT2D eigenvalue weighted by Gasteiger charge is 2.18. The van der Waals surface area contributed by atoms with Crippen LogP contribution in [0.3, 0.4) is 0 Å². The van der Waals surface area contributed by atoms with Crippen LogP contribution in [0.4, 0.5) is 10.2 Å². The van der Waals surface area contributed by atoms with Crippen LogP contribution in [0.25, 0.3) is 10.9 Å². The van der Waals surface area contributed by atoms with E-state index < -0.39 is 0 Å². The maximum atomic E-state index is 13.7. The minimum absolute atomic E-state index is 0.272. The largest absolute Gasteiger partial charge is 0.454 e. The summed E-state index contributed by atoms with van der Waals surface area (Å²) in [6.07, 6.45) is 0. The minimum Gasteiger partial charge on any atom is -0.454 e. The molecule has 3 heterocycles. The van der Waals surface area contributed by atoms with Crippen molar-refractivity contribution in [2.45, 2.75) is 13.1 Å². The van der Waals surface area contributed by atoms with Gasteiger partial charge in [-0.15, -0.1) is 0 Å². The number of ether oxygens (including phenoxy) is 3. The molecule has 7 heteroatoms. The Kier molecular flexibility index (Phi) is 4.91. The molecule has 0 unspecified atom stereocenters. The first-order valence-corrected chi connectivity index (χ1v) is 9.77. The summed E-state index contributed by atoms with van der Waals surface area (Å²) < 4.78 is 30.0. The smallest absolute Gasteiger partial charge is 0.231 e. The molecule has 6 nitrogen and oxygen atoms in total. The zero-order valence-corrected chi connectivity index (χ0v) is 16.0. The van der Waals surface area contributed by atoms with Crippen LogP contribution in [0.15, 0.2) is 42.5 Å². The molecule has 2 aliphatic heterocycles. The maximum absolute atomic E-state index is 13.7. The highest BCUT2D eigenvalue weighted by atomic mass is 19.1. The predicted octanol–water partition coefficient (Wildman–Crippen LogP) is 3.23. The summed E-state index contributed by atoms with van der Waals surface area (Å²) in [6, 6.07) is 12.8. The summed E-state index contributed by atoms with van der Waals surface area (Å²) in [5.41, 5.74) is 2.88. The first kappa shape index (κ1) is 18.1. The average Bonchev–Trinajstić information content (AvgIpc) is 3.22. The summed E-state index contributed by atoms with van der Waals surface area (Å²) in [4.78, 5) is 7.00. The second-order valence-corrected chi connectivity index (χ2v) is 7.20. The van der Waals surface area contributed by atoms with E-state index in [1.807, 2.05) is 18.2 Å². The highest BCUT2D eigenvalue weighted by Crippen LogP contribution is 2.32. The summed E-state index contributed by atoms with van der Waals surface area (Å²) >= 11 is 0. The number of anilines is 1. The highest BCUT2D eigenvalue weighted by molar-refractivity contribution is 5.82. The number of nitrogens with one attached hydrogen (secondary N) is 1. The zero-order chi connectivity index (χ0) is 19.6. The lowest BCUT2D eigenvalue weighted by molar-refractivity contribution is 0.122. The van der Waals surface area contributed by atoms with Crippen LogP contribution in [-0.2, 0) is 17.8 Å². The topological polar surface area (TPSA) is 55.8 Å². The number of hydrogen-bond donors (Lipinski definition) is 1. The van der Waals surface area contributed by atoms with Gasteiger partial charge in [0.2, 0.25) is 6.79 Å². The molecule has 0 radical (unpaired) electrons. The first-order chi connectivity index (χ1) is 14.3. The van der Waals surface area contributed by atoms with Gasteiger partial charge in [0, 0.05) is 43.2 Å². The number of fused-ring (bicyclic) bond motifs is 2.